The van der Waals surface area contributed by atoms with Crippen LogP contribution in [-0.2, 0) is 4.79 Å². The molecule has 0 unspecified atom stereocenters. The zero-order valence-electron chi connectivity index (χ0n) is 17.9. The number of anilines is 2. The molecule has 152 valence electrons. The lowest BCUT2D eigenvalue weighted by Gasteiger charge is -2.37. The predicted octanol–water partition coefficient (Wildman–Crippen LogP) is 5.78. The number of carbonyl (C=O) groups is 1. The van der Waals surface area contributed by atoms with Crippen LogP contribution in [-0.4, -0.2) is 24.6 Å². The van der Waals surface area contributed by atoms with Gasteiger partial charge in [0.25, 0.3) is 0 Å². The van der Waals surface area contributed by atoms with Crippen molar-refractivity contribution in [1.82, 2.24) is 0 Å². The maximum Gasteiger partial charge on any atom is 0.144 e. The van der Waals surface area contributed by atoms with E-state index in [2.05, 4.69) is 68.2 Å². The van der Waals surface area contributed by atoms with E-state index in [-0.39, 0.29) is 23.2 Å². The molecular weight excluding hydrogens is 358 g/mol. The average molecular weight is 390 g/mol. The van der Waals surface area contributed by atoms with Gasteiger partial charge in [-0.05, 0) is 55.5 Å². The van der Waals surface area contributed by atoms with Crippen molar-refractivity contribution in [2.24, 2.45) is 16.3 Å². The topological polar surface area (TPSA) is 44.7 Å². The standard InChI is InChI=1S/C25H31N3O/c1-5-28(6-2)18-13-11-17(12-14-18)24-23-21(15-25(3,4)16-22(23)29)26-19-9-7-8-10-20(19)27-24/h7-14,23-24,27H,5-6,15-16H2,1-4H3/t23-,24-/m0/s1. The monoisotopic (exact) mass is 389 g/mol. The quantitative estimate of drug-likeness (QED) is 0.721. The Morgan fingerprint density at radius 1 is 1.03 bits per heavy atom. The normalized spacial score (nSPS) is 22.6. The van der Waals surface area contributed by atoms with Crippen LogP contribution in [0.2, 0.25) is 0 Å². The van der Waals surface area contributed by atoms with Crippen molar-refractivity contribution in [3.05, 3.63) is 54.1 Å². The molecule has 2 atom stereocenters. The molecule has 0 bridgehead atoms. The molecule has 0 amide bonds. The lowest BCUT2D eigenvalue weighted by Crippen LogP contribution is -2.42. The largest absolute Gasteiger partial charge is 0.375 e. The van der Waals surface area contributed by atoms with E-state index >= 15 is 0 Å². The third-order valence-corrected chi connectivity index (χ3v) is 6.21. The minimum absolute atomic E-state index is 0.0388. The van der Waals surface area contributed by atoms with Crippen molar-refractivity contribution in [1.29, 1.82) is 0 Å². The molecule has 0 aromatic heterocycles. The smallest absolute Gasteiger partial charge is 0.144 e. The molecule has 0 radical (unpaired) electrons. The number of fused-ring (bicyclic) bond motifs is 2. The second-order valence-corrected chi connectivity index (χ2v) is 8.97. The molecule has 4 heteroatoms. The number of nitrogens with one attached hydrogen (secondary N) is 1. The molecule has 1 heterocycles. The third-order valence-electron chi connectivity index (χ3n) is 6.21. The van der Waals surface area contributed by atoms with E-state index in [1.165, 1.54) is 5.69 Å². The molecule has 0 spiro atoms. The number of hydrogen-bond acceptors (Lipinski definition) is 4. The highest BCUT2D eigenvalue weighted by molar-refractivity contribution is 6.10. The molecular formula is C25H31N3O. The first kappa shape index (κ1) is 19.7. The average Bonchev–Trinajstić information content (AvgIpc) is 2.85. The van der Waals surface area contributed by atoms with Crippen molar-refractivity contribution in [2.75, 3.05) is 23.3 Å². The Bertz CT molecular complexity index is 925. The molecule has 1 aliphatic carbocycles. The van der Waals surface area contributed by atoms with Crippen molar-refractivity contribution in [3.8, 4) is 0 Å². The van der Waals surface area contributed by atoms with Gasteiger partial charge >= 0.3 is 0 Å². The van der Waals surface area contributed by atoms with E-state index in [0.29, 0.717) is 6.42 Å². The van der Waals surface area contributed by atoms with Gasteiger partial charge in [-0.15, -0.1) is 0 Å². The Morgan fingerprint density at radius 3 is 2.41 bits per heavy atom. The Hall–Kier alpha value is -2.62. The first-order chi connectivity index (χ1) is 13.9. The van der Waals surface area contributed by atoms with E-state index in [4.69, 9.17) is 4.99 Å². The van der Waals surface area contributed by atoms with E-state index in [0.717, 1.165) is 42.2 Å². The van der Waals surface area contributed by atoms with Gasteiger partial charge in [0.05, 0.1) is 23.3 Å². The zero-order chi connectivity index (χ0) is 20.6. The van der Waals surface area contributed by atoms with Crippen LogP contribution in [0.4, 0.5) is 17.1 Å². The van der Waals surface area contributed by atoms with Gasteiger partial charge in [-0.3, -0.25) is 9.79 Å². The van der Waals surface area contributed by atoms with Gasteiger partial charge in [-0.25, -0.2) is 0 Å². The Kier molecular flexibility index (Phi) is 5.20. The minimum atomic E-state index is -0.213. The fourth-order valence-electron chi connectivity index (χ4n) is 4.77. The van der Waals surface area contributed by atoms with Crippen LogP contribution in [0.5, 0.6) is 0 Å². The highest BCUT2D eigenvalue weighted by Crippen LogP contribution is 2.45. The van der Waals surface area contributed by atoms with Crippen LogP contribution in [0.1, 0.15) is 52.1 Å². The molecule has 1 saturated carbocycles. The summed E-state index contributed by atoms with van der Waals surface area (Å²) in [6.07, 6.45) is 1.45. The summed E-state index contributed by atoms with van der Waals surface area (Å²) in [5.74, 6) is 0.0767. The number of nitrogens with zero attached hydrogens (tertiary/aromatic N) is 2. The Labute approximate surface area is 174 Å². The number of para-hydroxylation sites is 2. The van der Waals surface area contributed by atoms with Crippen LogP contribution in [0, 0.1) is 11.3 Å². The maximum absolute atomic E-state index is 13.3. The lowest BCUT2D eigenvalue weighted by atomic mass is 9.68. The summed E-state index contributed by atoms with van der Waals surface area (Å²) in [5, 5.41) is 3.66. The number of hydrogen-bond donors (Lipinski definition) is 1. The van der Waals surface area contributed by atoms with E-state index < -0.39 is 0 Å². The van der Waals surface area contributed by atoms with Crippen molar-refractivity contribution >= 4 is 28.6 Å². The molecule has 2 aromatic rings. The van der Waals surface area contributed by atoms with Gasteiger partial charge in [0.2, 0.25) is 0 Å². The Balaban J connectivity index is 1.76. The van der Waals surface area contributed by atoms with Crippen LogP contribution >= 0.6 is 0 Å². The molecule has 4 rings (SSSR count). The Morgan fingerprint density at radius 2 is 1.72 bits per heavy atom. The van der Waals surface area contributed by atoms with Crippen molar-refractivity contribution in [2.45, 2.75) is 46.6 Å². The third kappa shape index (κ3) is 3.81. The van der Waals surface area contributed by atoms with Gasteiger partial charge in [-0.1, -0.05) is 38.1 Å². The molecule has 1 fully saturated rings. The molecule has 0 saturated heterocycles. The molecule has 1 N–H and O–H groups in total. The van der Waals surface area contributed by atoms with Gasteiger partial charge in [-0.2, -0.15) is 0 Å². The second-order valence-electron chi connectivity index (χ2n) is 8.97. The molecule has 29 heavy (non-hydrogen) atoms. The predicted molar refractivity (Wildman–Crippen MR) is 121 cm³/mol. The highest BCUT2D eigenvalue weighted by Gasteiger charge is 2.43. The summed E-state index contributed by atoms with van der Waals surface area (Å²) in [6, 6.07) is 16.7. The number of Topliss-reactive ketones (excluding diaryl/α,β-unsaturated/α-hetero) is 1. The van der Waals surface area contributed by atoms with Crippen LogP contribution in [0.25, 0.3) is 0 Å². The number of rotatable bonds is 4. The summed E-state index contributed by atoms with van der Waals surface area (Å²) in [5.41, 5.74) is 5.27. The fraction of sp³-hybridized carbons (Fsp3) is 0.440. The van der Waals surface area contributed by atoms with Crippen LogP contribution < -0.4 is 10.2 Å². The minimum Gasteiger partial charge on any atom is -0.375 e. The second kappa shape index (κ2) is 7.66. The summed E-state index contributed by atoms with van der Waals surface area (Å²) >= 11 is 0. The highest BCUT2D eigenvalue weighted by atomic mass is 16.1. The molecule has 2 aromatic carbocycles. The maximum atomic E-state index is 13.3. The summed E-state index contributed by atoms with van der Waals surface area (Å²) in [6.45, 7) is 10.7. The number of ketones is 1. The number of aliphatic imine (C=N–C) groups is 1. The molecule has 1 aliphatic heterocycles. The zero-order valence-corrected chi connectivity index (χ0v) is 17.9. The molecule has 2 aliphatic rings. The van der Waals surface area contributed by atoms with Gasteiger partial charge < -0.3 is 10.2 Å². The van der Waals surface area contributed by atoms with Gasteiger partial charge in [0, 0.05) is 30.9 Å². The van der Waals surface area contributed by atoms with Crippen LogP contribution in [0.15, 0.2) is 53.5 Å². The van der Waals surface area contributed by atoms with Crippen molar-refractivity contribution < 1.29 is 4.79 Å². The van der Waals surface area contributed by atoms with E-state index in [1.54, 1.807) is 0 Å². The number of carbonyl (C=O) groups excluding carboxylic acids is 1. The lowest BCUT2D eigenvalue weighted by molar-refractivity contribution is -0.124. The summed E-state index contributed by atoms with van der Waals surface area (Å²) in [7, 11) is 0. The van der Waals surface area contributed by atoms with E-state index in [1.807, 2.05) is 18.2 Å². The van der Waals surface area contributed by atoms with Gasteiger partial charge in [0.1, 0.15) is 5.78 Å². The first-order valence-corrected chi connectivity index (χ1v) is 10.7. The summed E-state index contributed by atoms with van der Waals surface area (Å²) in [4.78, 5) is 20.6. The molecule has 4 nitrogen and oxygen atoms in total. The number of benzene rings is 2. The van der Waals surface area contributed by atoms with Gasteiger partial charge in [0.15, 0.2) is 0 Å². The SMILES string of the molecule is CCN(CC)c1ccc([C@@H]2Nc3ccccc3N=C3CC(C)(C)CC(=O)[C@H]32)cc1. The van der Waals surface area contributed by atoms with E-state index in [9.17, 15) is 4.79 Å². The fourth-order valence-corrected chi connectivity index (χ4v) is 4.77. The first-order valence-electron chi connectivity index (χ1n) is 10.7. The van der Waals surface area contributed by atoms with Crippen LogP contribution in [0.3, 0.4) is 0 Å². The van der Waals surface area contributed by atoms with Crippen molar-refractivity contribution in [3.63, 3.8) is 0 Å². The summed E-state index contributed by atoms with van der Waals surface area (Å²) < 4.78 is 0.